The maximum atomic E-state index is 12.8. The minimum Gasteiger partial charge on any atom is -0.352 e. The number of hydrogen-bond acceptors (Lipinski definition) is 3. The Balaban J connectivity index is 1.20. The number of hydrogen-bond donors (Lipinski definition) is 1. The molecule has 5 nitrogen and oxygen atoms in total. The topological polar surface area (TPSA) is 66.5 Å². The molecule has 1 saturated heterocycles. The van der Waals surface area contributed by atoms with E-state index in [-0.39, 0.29) is 54.4 Å². The van der Waals surface area contributed by atoms with Crippen LogP contribution < -0.4 is 5.32 Å². The van der Waals surface area contributed by atoms with Crippen molar-refractivity contribution in [2.24, 2.45) is 35.5 Å². The first-order valence-electron chi connectivity index (χ1n) is 9.49. The Kier molecular flexibility index (Phi) is 3.52. The van der Waals surface area contributed by atoms with E-state index in [1.165, 1.54) is 4.90 Å². The maximum absolute atomic E-state index is 12.8. The molecule has 2 bridgehead atoms. The smallest absolute Gasteiger partial charge is 0.233 e. The minimum absolute atomic E-state index is 0.0550. The number of benzene rings is 1. The first kappa shape index (κ1) is 15.8. The summed E-state index contributed by atoms with van der Waals surface area (Å²) >= 11 is 0. The molecule has 1 aromatic carbocycles. The van der Waals surface area contributed by atoms with Crippen LogP contribution in [-0.4, -0.2) is 29.2 Å². The normalized spacial score (nSPS) is 36.1. The zero-order valence-electron chi connectivity index (χ0n) is 14.5. The van der Waals surface area contributed by atoms with Crippen molar-refractivity contribution < 1.29 is 14.4 Å². The molecule has 3 fully saturated rings. The summed E-state index contributed by atoms with van der Waals surface area (Å²) in [5, 5.41) is 2.86. The molecule has 1 aliphatic heterocycles. The largest absolute Gasteiger partial charge is 0.352 e. The Morgan fingerprint density at radius 1 is 1.00 bits per heavy atom. The van der Waals surface area contributed by atoms with Gasteiger partial charge in [-0.3, -0.25) is 19.3 Å². The number of carbonyl (C=O) groups is 3. The second kappa shape index (κ2) is 5.79. The monoisotopic (exact) mass is 350 g/mol. The summed E-state index contributed by atoms with van der Waals surface area (Å²) in [5.41, 5.74) is 1.03. The average Bonchev–Trinajstić information content (AvgIpc) is 3.45. The summed E-state index contributed by atoms with van der Waals surface area (Å²) in [6.45, 7) is 0.657. The number of nitrogens with one attached hydrogen (secondary N) is 1. The van der Waals surface area contributed by atoms with Gasteiger partial charge in [-0.2, -0.15) is 0 Å². The summed E-state index contributed by atoms with van der Waals surface area (Å²) in [6, 6.07) is 9.69. The molecule has 1 aromatic rings. The molecule has 6 atom stereocenters. The van der Waals surface area contributed by atoms with Crippen molar-refractivity contribution in [3.05, 3.63) is 48.0 Å². The van der Waals surface area contributed by atoms with E-state index in [0.717, 1.165) is 12.0 Å². The van der Waals surface area contributed by atoms with Crippen molar-refractivity contribution in [3.63, 3.8) is 0 Å². The van der Waals surface area contributed by atoms with Crippen LogP contribution >= 0.6 is 0 Å². The van der Waals surface area contributed by atoms with Crippen molar-refractivity contribution in [1.29, 1.82) is 0 Å². The molecule has 3 amide bonds. The van der Waals surface area contributed by atoms with Gasteiger partial charge < -0.3 is 5.32 Å². The summed E-state index contributed by atoms with van der Waals surface area (Å²) in [6.07, 6.45) is 5.67. The zero-order valence-corrected chi connectivity index (χ0v) is 14.5. The molecule has 0 radical (unpaired) electrons. The quantitative estimate of drug-likeness (QED) is 0.650. The summed E-state index contributed by atoms with van der Waals surface area (Å²) in [4.78, 5) is 39.2. The molecule has 5 heteroatoms. The Morgan fingerprint density at radius 3 is 2.23 bits per heavy atom. The van der Waals surface area contributed by atoms with E-state index >= 15 is 0 Å². The van der Waals surface area contributed by atoms with Gasteiger partial charge in [0.15, 0.2) is 0 Å². The van der Waals surface area contributed by atoms with Crippen LogP contribution in [0.5, 0.6) is 0 Å². The minimum atomic E-state index is -0.173. The van der Waals surface area contributed by atoms with Crippen LogP contribution in [0.15, 0.2) is 42.5 Å². The lowest BCUT2D eigenvalue weighted by Crippen LogP contribution is -2.40. The molecule has 6 rings (SSSR count). The highest BCUT2D eigenvalue weighted by molar-refractivity contribution is 6.06. The van der Waals surface area contributed by atoms with Crippen molar-refractivity contribution in [2.45, 2.75) is 19.4 Å². The first-order valence-corrected chi connectivity index (χ1v) is 9.49. The molecule has 0 spiro atoms. The Bertz CT molecular complexity index is 767. The Labute approximate surface area is 152 Å². The van der Waals surface area contributed by atoms with Gasteiger partial charge in [-0.05, 0) is 35.7 Å². The fourth-order valence-electron chi connectivity index (χ4n) is 5.34. The van der Waals surface area contributed by atoms with Gasteiger partial charge in [-0.15, -0.1) is 0 Å². The number of imide groups is 1. The van der Waals surface area contributed by atoms with Gasteiger partial charge >= 0.3 is 0 Å². The Hall–Kier alpha value is -2.43. The van der Waals surface area contributed by atoms with Crippen LogP contribution in [0, 0.1) is 35.5 Å². The SMILES string of the molecule is O=C(CCN1C(=O)[C@@H]2[C@H]3C=C[C@@H]([C@@H]4C[C@H]34)[C@H]2C1=O)NCc1ccccc1. The molecule has 2 saturated carbocycles. The Morgan fingerprint density at radius 2 is 1.62 bits per heavy atom. The molecule has 0 unspecified atom stereocenters. The molecule has 134 valence electrons. The van der Waals surface area contributed by atoms with Gasteiger partial charge in [0.05, 0.1) is 11.8 Å². The van der Waals surface area contributed by atoms with Gasteiger partial charge in [0, 0.05) is 19.5 Å². The molecule has 5 aliphatic rings. The fourth-order valence-corrected chi connectivity index (χ4v) is 5.34. The third kappa shape index (κ3) is 2.33. The molecule has 4 aliphatic carbocycles. The van der Waals surface area contributed by atoms with E-state index in [9.17, 15) is 14.4 Å². The third-order valence-electron chi connectivity index (χ3n) is 6.65. The third-order valence-corrected chi connectivity index (χ3v) is 6.65. The van der Waals surface area contributed by atoms with Crippen molar-refractivity contribution in [2.75, 3.05) is 6.54 Å². The van der Waals surface area contributed by atoms with Crippen LogP contribution in [0.25, 0.3) is 0 Å². The van der Waals surface area contributed by atoms with Crippen molar-refractivity contribution in [1.82, 2.24) is 10.2 Å². The highest BCUT2D eigenvalue weighted by Gasteiger charge is 2.66. The highest BCUT2D eigenvalue weighted by atomic mass is 16.2. The van der Waals surface area contributed by atoms with Crippen molar-refractivity contribution in [3.8, 4) is 0 Å². The number of rotatable bonds is 5. The lowest BCUT2D eigenvalue weighted by atomic mass is 9.63. The molecule has 1 N–H and O–H groups in total. The molecule has 1 heterocycles. The predicted octanol–water partition coefficient (Wildman–Crippen LogP) is 1.75. The molecule has 26 heavy (non-hydrogen) atoms. The van der Waals surface area contributed by atoms with E-state index < -0.39 is 0 Å². The zero-order chi connectivity index (χ0) is 17.8. The average molecular weight is 350 g/mol. The van der Waals surface area contributed by atoms with E-state index in [1.807, 2.05) is 30.3 Å². The number of carbonyl (C=O) groups excluding carboxylic acids is 3. The first-order chi connectivity index (χ1) is 12.6. The molecular weight excluding hydrogens is 328 g/mol. The fraction of sp³-hybridized carbons (Fsp3) is 0.476. The van der Waals surface area contributed by atoms with Gasteiger partial charge in [0.25, 0.3) is 0 Å². The van der Waals surface area contributed by atoms with Crippen LogP contribution in [0.1, 0.15) is 18.4 Å². The van der Waals surface area contributed by atoms with Gasteiger partial charge in [0.2, 0.25) is 17.7 Å². The summed E-state index contributed by atoms with van der Waals surface area (Å²) in [5.74, 6) is 1.11. The second-order valence-electron chi connectivity index (χ2n) is 8.00. The van der Waals surface area contributed by atoms with E-state index in [4.69, 9.17) is 0 Å². The van der Waals surface area contributed by atoms with E-state index in [0.29, 0.717) is 18.4 Å². The molecular formula is C21H22N2O3. The molecule has 0 aromatic heterocycles. The van der Waals surface area contributed by atoms with Crippen LogP contribution in [0.3, 0.4) is 0 Å². The number of likely N-dealkylation sites (tertiary alicyclic amines) is 1. The van der Waals surface area contributed by atoms with Gasteiger partial charge in [-0.25, -0.2) is 0 Å². The van der Waals surface area contributed by atoms with Crippen LogP contribution in [0.4, 0.5) is 0 Å². The number of nitrogens with zero attached hydrogens (tertiary/aromatic N) is 1. The van der Waals surface area contributed by atoms with Crippen molar-refractivity contribution >= 4 is 17.7 Å². The number of allylic oxidation sites excluding steroid dienone is 2. The van der Waals surface area contributed by atoms with Crippen LogP contribution in [-0.2, 0) is 20.9 Å². The van der Waals surface area contributed by atoms with Gasteiger partial charge in [0.1, 0.15) is 0 Å². The predicted molar refractivity (Wildman–Crippen MR) is 94.3 cm³/mol. The lowest BCUT2D eigenvalue weighted by Gasteiger charge is -2.37. The highest BCUT2D eigenvalue weighted by Crippen LogP contribution is 2.65. The second-order valence-corrected chi connectivity index (χ2v) is 8.00. The lowest BCUT2D eigenvalue weighted by molar-refractivity contribution is -0.140. The maximum Gasteiger partial charge on any atom is 0.233 e. The number of amides is 3. The summed E-state index contributed by atoms with van der Waals surface area (Å²) in [7, 11) is 0. The standard InChI is InChI=1S/C21H22N2O3/c24-17(22-11-12-4-2-1-3-5-12)8-9-23-20(25)18-13-6-7-14(16-10-15(13)16)19(18)21(23)26/h1-7,13-16,18-19H,8-11H2,(H,22,24)/t13-,14-,15-,16+,18+,19+/m0/s1. The van der Waals surface area contributed by atoms with Crippen LogP contribution in [0.2, 0.25) is 0 Å². The van der Waals surface area contributed by atoms with Gasteiger partial charge in [-0.1, -0.05) is 42.5 Å². The summed E-state index contributed by atoms with van der Waals surface area (Å²) < 4.78 is 0. The van der Waals surface area contributed by atoms with E-state index in [2.05, 4.69) is 17.5 Å². The van der Waals surface area contributed by atoms with E-state index in [1.54, 1.807) is 0 Å².